The molecule has 1 aromatic heterocycles. The quantitative estimate of drug-likeness (QED) is 0.668. The normalized spacial score (nSPS) is 11.9. The first-order valence-corrected chi connectivity index (χ1v) is 10.4. The molecule has 1 heterocycles. The van der Waals surface area contributed by atoms with Gasteiger partial charge in [0.15, 0.2) is 0 Å². The van der Waals surface area contributed by atoms with Crippen LogP contribution in [0, 0.1) is 0 Å². The number of rotatable bonds is 10. The van der Waals surface area contributed by atoms with E-state index in [1.54, 1.807) is 30.5 Å². The maximum absolute atomic E-state index is 12.5. The minimum absolute atomic E-state index is 0.108. The molecular weight excluding hydrogens is 366 g/mol. The van der Waals surface area contributed by atoms with Gasteiger partial charge in [0.25, 0.3) is 0 Å². The van der Waals surface area contributed by atoms with Gasteiger partial charge in [0.2, 0.25) is 15.9 Å². The summed E-state index contributed by atoms with van der Waals surface area (Å²) >= 11 is 0. The average Bonchev–Trinajstić information content (AvgIpc) is 3.14. The van der Waals surface area contributed by atoms with Gasteiger partial charge < -0.3 is 9.73 Å². The van der Waals surface area contributed by atoms with E-state index >= 15 is 0 Å². The molecular formula is C19H27N3O4S. The van der Waals surface area contributed by atoms with Crippen LogP contribution < -0.4 is 5.32 Å². The molecule has 8 heteroatoms. The lowest BCUT2D eigenvalue weighted by atomic mass is 10.2. The van der Waals surface area contributed by atoms with Gasteiger partial charge in [-0.05, 0) is 36.9 Å². The Hall–Kier alpha value is -2.16. The Morgan fingerprint density at radius 2 is 1.78 bits per heavy atom. The van der Waals surface area contributed by atoms with Crippen molar-refractivity contribution in [2.24, 2.45) is 0 Å². The number of sulfonamides is 1. The monoisotopic (exact) mass is 393 g/mol. The summed E-state index contributed by atoms with van der Waals surface area (Å²) in [4.78, 5) is 14.2. The van der Waals surface area contributed by atoms with Crippen molar-refractivity contribution in [3.05, 3.63) is 54.0 Å². The molecule has 0 saturated carbocycles. The van der Waals surface area contributed by atoms with Gasteiger partial charge in [-0.1, -0.05) is 26.0 Å². The lowest BCUT2D eigenvalue weighted by Crippen LogP contribution is -2.34. The molecule has 2 rings (SSSR count). The van der Waals surface area contributed by atoms with Crippen molar-refractivity contribution >= 4 is 15.9 Å². The van der Waals surface area contributed by atoms with E-state index in [1.807, 2.05) is 37.9 Å². The first-order chi connectivity index (χ1) is 12.9. The Balaban J connectivity index is 1.86. The van der Waals surface area contributed by atoms with Gasteiger partial charge in [0.05, 0.1) is 24.2 Å². The Kier molecular flexibility index (Phi) is 7.58. The zero-order chi connectivity index (χ0) is 19.9. The van der Waals surface area contributed by atoms with Gasteiger partial charge in [0, 0.05) is 19.6 Å². The Labute approximate surface area is 161 Å². The number of furan rings is 1. The van der Waals surface area contributed by atoms with Crippen molar-refractivity contribution in [1.29, 1.82) is 0 Å². The van der Waals surface area contributed by atoms with Crippen LogP contribution in [0.15, 0.2) is 52.0 Å². The number of nitrogens with one attached hydrogen (secondary N) is 1. The Bertz CT molecular complexity index is 813. The van der Waals surface area contributed by atoms with Crippen molar-refractivity contribution in [3.63, 3.8) is 0 Å². The smallest absolute Gasteiger partial charge is 0.243 e. The Morgan fingerprint density at radius 3 is 2.33 bits per heavy atom. The minimum Gasteiger partial charge on any atom is -0.468 e. The number of benzene rings is 1. The third-order valence-electron chi connectivity index (χ3n) is 4.18. The van der Waals surface area contributed by atoms with Crippen LogP contribution in [0.4, 0.5) is 0 Å². The lowest BCUT2D eigenvalue weighted by Gasteiger charge is -2.18. The molecule has 1 amide bonds. The highest BCUT2D eigenvalue weighted by molar-refractivity contribution is 7.89. The van der Waals surface area contributed by atoms with Crippen molar-refractivity contribution in [1.82, 2.24) is 14.5 Å². The van der Waals surface area contributed by atoms with Crippen LogP contribution in [-0.4, -0.2) is 50.2 Å². The van der Waals surface area contributed by atoms with Crippen LogP contribution in [0.5, 0.6) is 0 Å². The fourth-order valence-corrected chi connectivity index (χ4v) is 4.18. The summed E-state index contributed by atoms with van der Waals surface area (Å²) in [5, 5.41) is 2.84. The molecule has 0 spiro atoms. The number of hydrogen-bond acceptors (Lipinski definition) is 5. The number of amides is 1. The minimum atomic E-state index is -3.46. The lowest BCUT2D eigenvalue weighted by molar-refractivity contribution is -0.122. The SMILES string of the molecule is CCN(CC)S(=O)(=O)c1ccc(CNC(=O)CN(C)Cc2ccco2)cc1. The molecule has 0 aliphatic heterocycles. The van der Waals surface area contributed by atoms with Gasteiger partial charge in [-0.15, -0.1) is 0 Å². The number of hydrogen-bond donors (Lipinski definition) is 1. The van der Waals surface area contributed by atoms with Gasteiger partial charge in [-0.3, -0.25) is 9.69 Å². The van der Waals surface area contributed by atoms with Crippen LogP contribution in [0.3, 0.4) is 0 Å². The van der Waals surface area contributed by atoms with Crippen LogP contribution in [0.1, 0.15) is 25.2 Å². The van der Waals surface area contributed by atoms with Crippen molar-refractivity contribution in [2.45, 2.75) is 31.8 Å². The van der Waals surface area contributed by atoms with E-state index < -0.39 is 10.0 Å². The zero-order valence-corrected chi connectivity index (χ0v) is 16.8. The summed E-state index contributed by atoms with van der Waals surface area (Å²) in [6, 6.07) is 10.3. The zero-order valence-electron chi connectivity index (χ0n) is 16.0. The van der Waals surface area contributed by atoms with Crippen LogP contribution in [0.25, 0.3) is 0 Å². The fraction of sp³-hybridized carbons (Fsp3) is 0.421. The molecule has 0 radical (unpaired) electrons. The highest BCUT2D eigenvalue weighted by atomic mass is 32.2. The summed E-state index contributed by atoms with van der Waals surface area (Å²) in [5.41, 5.74) is 0.843. The van der Waals surface area contributed by atoms with E-state index in [2.05, 4.69) is 5.32 Å². The molecule has 27 heavy (non-hydrogen) atoms. The molecule has 0 saturated heterocycles. The molecule has 0 fully saturated rings. The van der Waals surface area contributed by atoms with Gasteiger partial charge in [-0.25, -0.2) is 8.42 Å². The second-order valence-electron chi connectivity index (χ2n) is 6.26. The highest BCUT2D eigenvalue weighted by Crippen LogP contribution is 2.16. The van der Waals surface area contributed by atoms with Crippen molar-refractivity contribution < 1.29 is 17.6 Å². The maximum Gasteiger partial charge on any atom is 0.243 e. The molecule has 1 aromatic carbocycles. The summed E-state index contributed by atoms with van der Waals surface area (Å²) in [6.07, 6.45) is 1.60. The second kappa shape index (κ2) is 9.68. The average molecular weight is 394 g/mol. The summed E-state index contributed by atoms with van der Waals surface area (Å²) in [6.45, 7) is 5.64. The predicted octanol–water partition coefficient (Wildman–Crippen LogP) is 2.06. The molecule has 1 N–H and O–H groups in total. The molecule has 2 aromatic rings. The highest BCUT2D eigenvalue weighted by Gasteiger charge is 2.21. The van der Waals surface area contributed by atoms with Crippen LogP contribution in [-0.2, 0) is 27.9 Å². The topological polar surface area (TPSA) is 82.9 Å². The van der Waals surface area contributed by atoms with Crippen molar-refractivity contribution in [3.8, 4) is 0 Å². The van der Waals surface area contributed by atoms with Gasteiger partial charge in [0.1, 0.15) is 5.76 Å². The van der Waals surface area contributed by atoms with Crippen molar-refractivity contribution in [2.75, 3.05) is 26.7 Å². The van der Waals surface area contributed by atoms with E-state index in [1.165, 1.54) is 4.31 Å². The Morgan fingerprint density at radius 1 is 1.11 bits per heavy atom. The second-order valence-corrected chi connectivity index (χ2v) is 8.20. The van der Waals surface area contributed by atoms with Crippen LogP contribution >= 0.6 is 0 Å². The molecule has 0 aliphatic rings. The molecule has 7 nitrogen and oxygen atoms in total. The number of carbonyl (C=O) groups excluding carboxylic acids is 1. The molecule has 148 valence electrons. The van der Waals surface area contributed by atoms with Gasteiger partial charge >= 0.3 is 0 Å². The largest absolute Gasteiger partial charge is 0.468 e. The summed E-state index contributed by atoms with van der Waals surface area (Å²) in [5.74, 6) is 0.694. The number of carbonyl (C=O) groups is 1. The first kappa shape index (κ1) is 21.1. The van der Waals surface area contributed by atoms with E-state index in [0.717, 1.165) is 11.3 Å². The van der Waals surface area contributed by atoms with E-state index in [0.29, 0.717) is 26.2 Å². The van der Waals surface area contributed by atoms with E-state index in [9.17, 15) is 13.2 Å². The summed E-state index contributed by atoms with van der Waals surface area (Å²) in [7, 11) is -1.62. The molecule has 0 aliphatic carbocycles. The van der Waals surface area contributed by atoms with E-state index in [4.69, 9.17) is 4.42 Å². The number of nitrogens with zero attached hydrogens (tertiary/aromatic N) is 2. The third-order valence-corrected chi connectivity index (χ3v) is 6.24. The predicted molar refractivity (Wildman–Crippen MR) is 103 cm³/mol. The molecule has 0 atom stereocenters. The van der Waals surface area contributed by atoms with E-state index in [-0.39, 0.29) is 17.3 Å². The first-order valence-electron chi connectivity index (χ1n) is 8.93. The van der Waals surface area contributed by atoms with Crippen LogP contribution in [0.2, 0.25) is 0 Å². The van der Waals surface area contributed by atoms with Gasteiger partial charge in [-0.2, -0.15) is 4.31 Å². The maximum atomic E-state index is 12.5. The fourth-order valence-electron chi connectivity index (χ4n) is 2.72. The standard InChI is InChI=1S/C19H27N3O4S/c1-4-22(5-2)27(24,25)18-10-8-16(9-11-18)13-20-19(23)15-21(3)14-17-7-6-12-26-17/h6-12H,4-5,13-15H2,1-3H3,(H,20,23). The number of likely N-dealkylation sites (N-methyl/N-ethyl adjacent to an activating group) is 1. The summed E-state index contributed by atoms with van der Waals surface area (Å²) < 4.78 is 31.6. The molecule has 0 bridgehead atoms. The molecule has 0 unspecified atom stereocenters. The third kappa shape index (κ3) is 5.92.